The van der Waals surface area contributed by atoms with Gasteiger partial charge in [-0.3, -0.25) is 14.4 Å². The molecule has 0 unspecified atom stereocenters. The lowest BCUT2D eigenvalue weighted by molar-refractivity contribution is -0.268. The third kappa shape index (κ3) is 6.41. The molecule has 9 N–H and O–H groups in total. The quantitative estimate of drug-likeness (QED) is 0.0678. The summed E-state index contributed by atoms with van der Waals surface area (Å²) in [7, 11) is 0. The number of fused-ring (bicyclic) bond motifs is 3. The van der Waals surface area contributed by atoms with Crippen molar-refractivity contribution in [3.05, 3.63) is 123 Å². The highest BCUT2D eigenvalue weighted by Gasteiger charge is 2.45. The topological polar surface area (TPSA) is 232 Å². The Morgan fingerprint density at radius 2 is 1.56 bits per heavy atom. The van der Waals surface area contributed by atoms with Crippen LogP contribution in [0.5, 0.6) is 17.2 Å². The summed E-state index contributed by atoms with van der Waals surface area (Å²) in [5, 5.41) is 55.9. The first-order valence-electron chi connectivity index (χ1n) is 17.2. The lowest BCUT2D eigenvalue weighted by Gasteiger charge is -2.39. The lowest BCUT2D eigenvalue weighted by atomic mass is 9.76. The van der Waals surface area contributed by atoms with Crippen molar-refractivity contribution in [2.24, 2.45) is 11.5 Å². The molecule has 13 heteroatoms. The fourth-order valence-corrected chi connectivity index (χ4v) is 7.17. The third-order valence-electron chi connectivity index (χ3n) is 9.89. The van der Waals surface area contributed by atoms with E-state index in [4.69, 9.17) is 25.7 Å². The normalized spacial score (nSPS) is 20.9. The molecule has 1 heterocycles. The van der Waals surface area contributed by atoms with E-state index in [0.29, 0.717) is 16.7 Å². The van der Waals surface area contributed by atoms with Crippen LogP contribution in [0.3, 0.4) is 0 Å². The van der Waals surface area contributed by atoms with E-state index in [1.165, 1.54) is 26.0 Å². The maximum absolute atomic E-state index is 14.9. The van der Waals surface area contributed by atoms with Gasteiger partial charge in [0.1, 0.15) is 35.6 Å². The van der Waals surface area contributed by atoms with E-state index in [1.54, 1.807) is 36.4 Å². The van der Waals surface area contributed by atoms with Gasteiger partial charge in [-0.25, -0.2) is 0 Å². The zero-order valence-electron chi connectivity index (χ0n) is 29.2. The minimum Gasteiger partial charge on any atom is -0.507 e. The molecule has 0 radical (unpaired) electrons. The Kier molecular flexibility index (Phi) is 9.81. The Balaban J connectivity index is 1.46. The summed E-state index contributed by atoms with van der Waals surface area (Å²) in [6, 6.07) is 22.2. The largest absolute Gasteiger partial charge is 0.507 e. The Morgan fingerprint density at radius 3 is 2.26 bits per heavy atom. The number of ketones is 2. The molecule has 2 aliphatic rings. The van der Waals surface area contributed by atoms with Crippen LogP contribution < -0.4 is 20.9 Å². The number of phenols is 1. The molecule has 1 saturated heterocycles. The molecular weight excluding hydrogens is 696 g/mol. The van der Waals surface area contributed by atoms with E-state index in [0.717, 1.165) is 10.8 Å². The molecular formula is C41H38N2O11. The van der Waals surface area contributed by atoms with Crippen LogP contribution in [-0.4, -0.2) is 73.8 Å². The molecule has 0 saturated carbocycles. The number of phenolic OH excluding ortho intramolecular Hbond substituents is 1. The Bertz CT molecular complexity index is 2340. The highest BCUT2D eigenvalue weighted by Crippen LogP contribution is 2.47. The molecule has 13 nitrogen and oxygen atoms in total. The van der Waals surface area contributed by atoms with Crippen molar-refractivity contribution in [1.29, 1.82) is 0 Å². The van der Waals surface area contributed by atoms with Crippen LogP contribution in [0.2, 0.25) is 0 Å². The summed E-state index contributed by atoms with van der Waals surface area (Å²) in [5.74, 6) is -3.12. The highest BCUT2D eigenvalue weighted by atomic mass is 16.7. The van der Waals surface area contributed by atoms with E-state index in [-0.39, 0.29) is 56.9 Å². The van der Waals surface area contributed by atoms with Crippen molar-refractivity contribution in [3.8, 4) is 28.4 Å². The highest BCUT2D eigenvalue weighted by molar-refractivity contribution is 6.32. The molecule has 1 aliphatic heterocycles. The lowest BCUT2D eigenvalue weighted by Crippen LogP contribution is -2.58. The van der Waals surface area contributed by atoms with E-state index in [2.05, 4.69) is 0 Å². The number of benzene rings is 5. The van der Waals surface area contributed by atoms with Crippen LogP contribution in [0.15, 0.2) is 78.9 Å². The predicted octanol–water partition coefficient (Wildman–Crippen LogP) is 3.12. The van der Waals surface area contributed by atoms with Crippen molar-refractivity contribution < 1.29 is 54.1 Å². The molecule has 7 rings (SSSR count). The van der Waals surface area contributed by atoms with E-state index < -0.39 is 66.8 Å². The number of rotatable bonds is 8. The maximum Gasteiger partial charge on any atom is 0.308 e. The average Bonchev–Trinajstić information content (AvgIpc) is 3.15. The molecule has 0 aromatic heterocycles. The van der Waals surface area contributed by atoms with Crippen LogP contribution in [-0.2, 0) is 22.6 Å². The number of carbonyl (C=O) groups is 3. The first-order chi connectivity index (χ1) is 25.8. The Labute approximate surface area is 308 Å². The van der Waals surface area contributed by atoms with Gasteiger partial charge >= 0.3 is 5.97 Å². The predicted molar refractivity (Wildman–Crippen MR) is 195 cm³/mol. The summed E-state index contributed by atoms with van der Waals surface area (Å²) in [5.41, 5.74) is 12.5. The summed E-state index contributed by atoms with van der Waals surface area (Å²) in [6.45, 7) is 1.94. The second-order valence-corrected chi connectivity index (χ2v) is 13.5. The van der Waals surface area contributed by atoms with Crippen LogP contribution in [0.4, 0.5) is 0 Å². The number of esters is 1. The monoisotopic (exact) mass is 734 g/mol. The van der Waals surface area contributed by atoms with Crippen LogP contribution in [0.25, 0.3) is 21.9 Å². The van der Waals surface area contributed by atoms with Crippen molar-refractivity contribution in [2.75, 3.05) is 0 Å². The van der Waals surface area contributed by atoms with E-state index in [1.807, 2.05) is 30.3 Å². The number of ether oxygens (including phenoxy) is 3. The number of nitrogens with two attached hydrogens (primary N) is 2. The smallest absolute Gasteiger partial charge is 0.308 e. The zero-order chi connectivity index (χ0) is 38.6. The molecule has 5 atom stereocenters. The van der Waals surface area contributed by atoms with Crippen LogP contribution >= 0.6 is 0 Å². The first kappa shape index (κ1) is 36.8. The molecule has 0 spiro atoms. The first-order valence-corrected chi connectivity index (χ1v) is 17.2. The number of hydrogen-bond acceptors (Lipinski definition) is 13. The fraction of sp³-hybridized carbons (Fsp3) is 0.244. The Morgan fingerprint density at radius 1 is 0.815 bits per heavy atom. The minimum atomic E-state index is -1.75. The summed E-state index contributed by atoms with van der Waals surface area (Å²) >= 11 is 0. The zero-order valence-corrected chi connectivity index (χ0v) is 29.2. The summed E-state index contributed by atoms with van der Waals surface area (Å²) in [4.78, 5) is 41.9. The summed E-state index contributed by atoms with van der Waals surface area (Å²) < 4.78 is 17.4. The fourth-order valence-electron chi connectivity index (χ4n) is 7.17. The SMILES string of the molecule is CC(=O)Oc1cc(CO)c2c(c1-c1ccc3ccccc3c1)C(=O)c1cc(O[C@H]3O[C@@H](C)[C@@H](O)[C@@H](O)[C@H]3O)c(Cc3cccc(C(N)N)c3)c(O)c1C2=O. The third-order valence-corrected chi connectivity index (χ3v) is 9.89. The van der Waals surface area contributed by atoms with Gasteiger partial charge in [-0.15, -0.1) is 0 Å². The standard InChI is InChI=1S/C41H38N2O11/c1-18-34(46)38(50)39(51)41(52-18)54-28-16-27-32(35(47)26(28)13-20-6-5-9-24(12-20)40(42)43)37(49)31-25(17-44)15-29(53-19(2)45)30(33(31)36(27)48)23-11-10-21-7-3-4-8-22(21)14-23/h3-12,14-16,18,34,38-41,44,46-47,50-51H,13,17,42-43H2,1-2H3/t18-,34+,38+,39+,41+/m0/s1. The molecule has 5 aromatic rings. The van der Waals surface area contributed by atoms with E-state index >= 15 is 0 Å². The average molecular weight is 735 g/mol. The number of aliphatic hydroxyl groups excluding tert-OH is 4. The molecule has 1 aliphatic carbocycles. The van der Waals surface area contributed by atoms with Crippen molar-refractivity contribution >= 4 is 28.3 Å². The number of carbonyl (C=O) groups excluding carboxylic acids is 3. The van der Waals surface area contributed by atoms with Crippen molar-refractivity contribution in [3.63, 3.8) is 0 Å². The molecule has 5 aromatic carbocycles. The second-order valence-electron chi connectivity index (χ2n) is 13.5. The van der Waals surface area contributed by atoms with Gasteiger partial charge < -0.3 is 51.2 Å². The maximum atomic E-state index is 14.9. The second kappa shape index (κ2) is 14.4. The Hall–Kier alpha value is -5.51. The molecule has 278 valence electrons. The molecule has 0 bridgehead atoms. The van der Waals surface area contributed by atoms with Gasteiger partial charge in [-0.05, 0) is 58.1 Å². The van der Waals surface area contributed by atoms with Gasteiger partial charge in [-0.2, -0.15) is 0 Å². The van der Waals surface area contributed by atoms with Crippen molar-refractivity contribution in [2.45, 2.75) is 63.7 Å². The van der Waals surface area contributed by atoms with Crippen molar-refractivity contribution in [1.82, 2.24) is 0 Å². The van der Waals surface area contributed by atoms with Gasteiger partial charge in [0.15, 0.2) is 11.6 Å². The van der Waals surface area contributed by atoms with Gasteiger partial charge in [0, 0.05) is 41.2 Å². The van der Waals surface area contributed by atoms with Gasteiger partial charge in [0.2, 0.25) is 6.29 Å². The summed E-state index contributed by atoms with van der Waals surface area (Å²) in [6.07, 6.45) is -8.32. The molecule has 0 amide bonds. The van der Waals surface area contributed by atoms with Gasteiger partial charge in [0.05, 0.1) is 24.4 Å². The van der Waals surface area contributed by atoms with Crippen LogP contribution in [0.1, 0.15) is 74.1 Å². The van der Waals surface area contributed by atoms with Gasteiger partial charge in [-0.1, -0.05) is 60.7 Å². The minimum absolute atomic E-state index is 0.0130. The molecule has 1 fully saturated rings. The van der Waals surface area contributed by atoms with E-state index in [9.17, 15) is 39.9 Å². The number of hydrogen-bond donors (Lipinski definition) is 7. The number of aliphatic hydroxyl groups is 4. The number of aromatic hydroxyl groups is 1. The molecule has 54 heavy (non-hydrogen) atoms. The van der Waals surface area contributed by atoms with Gasteiger partial charge in [0.25, 0.3) is 0 Å². The van der Waals surface area contributed by atoms with Crippen LogP contribution in [0, 0.1) is 0 Å².